The first-order chi connectivity index (χ1) is 10.7. The number of imidazole rings is 1. The Labute approximate surface area is 129 Å². The third-order valence-electron chi connectivity index (χ3n) is 4.45. The number of nitrogens with zero attached hydrogens (tertiary/aromatic N) is 7. The van der Waals surface area contributed by atoms with Gasteiger partial charge in [0.2, 0.25) is 0 Å². The number of rotatable bonds is 6. The number of likely N-dealkylation sites (tertiary alicyclic amines) is 1. The van der Waals surface area contributed by atoms with Gasteiger partial charge in [-0.3, -0.25) is 0 Å². The minimum atomic E-state index is -0.455. The van der Waals surface area contributed by atoms with E-state index in [4.69, 9.17) is 0 Å². The van der Waals surface area contributed by atoms with Crippen molar-refractivity contribution in [2.24, 2.45) is 13.0 Å². The molecule has 3 rings (SSSR count). The van der Waals surface area contributed by atoms with Crippen LogP contribution >= 0.6 is 0 Å². The highest BCUT2D eigenvalue weighted by Gasteiger charge is 2.28. The van der Waals surface area contributed by atoms with Gasteiger partial charge in [-0.05, 0) is 55.2 Å². The average molecular weight is 305 g/mol. The Morgan fingerprint density at radius 1 is 1.32 bits per heavy atom. The molecule has 8 nitrogen and oxygen atoms in total. The largest absolute Gasteiger partial charge is 0.385 e. The van der Waals surface area contributed by atoms with Crippen molar-refractivity contribution in [2.75, 3.05) is 19.6 Å². The van der Waals surface area contributed by atoms with Crippen molar-refractivity contribution >= 4 is 0 Å². The molecule has 1 aliphatic heterocycles. The van der Waals surface area contributed by atoms with Crippen LogP contribution in [0.3, 0.4) is 0 Å². The maximum Gasteiger partial charge on any atom is 0.138 e. The number of hydrogen-bond acceptors (Lipinski definition) is 6. The lowest BCUT2D eigenvalue weighted by molar-refractivity contribution is 0.0505. The van der Waals surface area contributed by atoms with Crippen LogP contribution in [-0.2, 0) is 13.6 Å². The van der Waals surface area contributed by atoms with Crippen LogP contribution in [0.1, 0.15) is 31.2 Å². The zero-order valence-electron chi connectivity index (χ0n) is 12.9. The molecule has 1 N–H and O–H groups in total. The second-order valence-electron chi connectivity index (χ2n) is 5.95. The van der Waals surface area contributed by atoms with Crippen LogP contribution in [0.5, 0.6) is 0 Å². The van der Waals surface area contributed by atoms with Crippen molar-refractivity contribution in [3.05, 3.63) is 24.5 Å². The summed E-state index contributed by atoms with van der Waals surface area (Å²) in [6, 6.07) is 0. The summed E-state index contributed by atoms with van der Waals surface area (Å²) < 4.78 is 3.67. The van der Waals surface area contributed by atoms with Crippen LogP contribution in [0.2, 0.25) is 0 Å². The lowest BCUT2D eigenvalue weighted by Gasteiger charge is -2.33. The first kappa shape index (κ1) is 15.1. The number of aliphatic hydroxyl groups excluding tert-OH is 1. The fourth-order valence-electron chi connectivity index (χ4n) is 3.10. The Kier molecular flexibility index (Phi) is 4.79. The van der Waals surface area contributed by atoms with E-state index in [2.05, 4.69) is 25.4 Å². The molecule has 0 aliphatic carbocycles. The molecule has 1 aliphatic rings. The monoisotopic (exact) mass is 305 g/mol. The highest BCUT2D eigenvalue weighted by atomic mass is 16.3. The molecule has 8 heteroatoms. The zero-order valence-corrected chi connectivity index (χ0v) is 12.9. The Bertz CT molecular complexity index is 560. The Morgan fingerprint density at radius 2 is 2.14 bits per heavy atom. The normalized spacial score (nSPS) is 18.6. The lowest BCUT2D eigenvalue weighted by atomic mass is 9.90. The van der Waals surface area contributed by atoms with E-state index >= 15 is 0 Å². The van der Waals surface area contributed by atoms with Gasteiger partial charge in [0.15, 0.2) is 0 Å². The molecule has 2 aromatic rings. The molecule has 0 radical (unpaired) electrons. The fraction of sp³-hybridized carbons (Fsp3) is 0.714. The van der Waals surface area contributed by atoms with E-state index in [0.29, 0.717) is 5.92 Å². The number of aryl methyl sites for hydroxylation is 2. The molecule has 2 aromatic heterocycles. The molecule has 0 saturated carbocycles. The highest BCUT2D eigenvalue weighted by molar-refractivity contribution is 4.98. The van der Waals surface area contributed by atoms with Gasteiger partial charge in [0.1, 0.15) is 18.3 Å². The summed E-state index contributed by atoms with van der Waals surface area (Å²) in [5.41, 5.74) is 0. The lowest BCUT2D eigenvalue weighted by Crippen LogP contribution is -2.37. The summed E-state index contributed by atoms with van der Waals surface area (Å²) in [4.78, 5) is 6.72. The third-order valence-corrected chi connectivity index (χ3v) is 4.45. The van der Waals surface area contributed by atoms with E-state index in [1.54, 1.807) is 17.2 Å². The van der Waals surface area contributed by atoms with Crippen LogP contribution in [0.15, 0.2) is 18.7 Å². The molecule has 0 spiro atoms. The van der Waals surface area contributed by atoms with Crippen molar-refractivity contribution < 1.29 is 5.11 Å². The van der Waals surface area contributed by atoms with Crippen molar-refractivity contribution in [1.82, 2.24) is 34.7 Å². The van der Waals surface area contributed by atoms with Gasteiger partial charge in [0.25, 0.3) is 0 Å². The summed E-state index contributed by atoms with van der Waals surface area (Å²) in [7, 11) is 1.93. The number of piperidine rings is 1. The number of aromatic nitrogens is 6. The van der Waals surface area contributed by atoms with Crippen LogP contribution in [-0.4, -0.2) is 59.4 Å². The molecule has 0 bridgehead atoms. The zero-order chi connectivity index (χ0) is 15.4. The minimum Gasteiger partial charge on any atom is -0.385 e. The molecule has 120 valence electrons. The third kappa shape index (κ3) is 3.50. The molecule has 1 fully saturated rings. The number of aliphatic hydroxyl groups is 1. The summed E-state index contributed by atoms with van der Waals surface area (Å²) >= 11 is 0. The van der Waals surface area contributed by atoms with Gasteiger partial charge in [0.05, 0.1) is 0 Å². The fourth-order valence-corrected chi connectivity index (χ4v) is 3.10. The van der Waals surface area contributed by atoms with Crippen LogP contribution in [0.25, 0.3) is 0 Å². The van der Waals surface area contributed by atoms with Gasteiger partial charge in [0, 0.05) is 26.0 Å². The Morgan fingerprint density at radius 3 is 2.77 bits per heavy atom. The van der Waals surface area contributed by atoms with E-state index in [1.807, 2.05) is 17.8 Å². The summed E-state index contributed by atoms with van der Waals surface area (Å²) in [6.45, 7) is 3.96. The van der Waals surface area contributed by atoms with Crippen molar-refractivity contribution in [1.29, 1.82) is 0 Å². The van der Waals surface area contributed by atoms with Gasteiger partial charge < -0.3 is 14.6 Å². The molecule has 22 heavy (non-hydrogen) atoms. The summed E-state index contributed by atoms with van der Waals surface area (Å²) in [6.07, 6.45) is 7.88. The van der Waals surface area contributed by atoms with Crippen molar-refractivity contribution in [3.8, 4) is 0 Å². The summed E-state index contributed by atoms with van der Waals surface area (Å²) in [5, 5.41) is 21.6. The van der Waals surface area contributed by atoms with Crippen molar-refractivity contribution in [3.63, 3.8) is 0 Å². The van der Waals surface area contributed by atoms with E-state index in [9.17, 15) is 5.11 Å². The smallest absolute Gasteiger partial charge is 0.138 e. The SMILES string of the molecule is Cn1ccnc1[C@H](O)C1CCN(CCCn2cnnn2)CC1. The van der Waals surface area contributed by atoms with Gasteiger partial charge in [-0.25, -0.2) is 9.67 Å². The van der Waals surface area contributed by atoms with Crippen LogP contribution in [0.4, 0.5) is 0 Å². The van der Waals surface area contributed by atoms with Gasteiger partial charge >= 0.3 is 0 Å². The first-order valence-corrected chi connectivity index (χ1v) is 7.82. The van der Waals surface area contributed by atoms with E-state index in [-0.39, 0.29) is 0 Å². The standard InChI is InChI=1S/C14H23N7O/c1-19-10-5-15-14(19)13(22)12-3-8-20(9-4-12)6-2-7-21-11-16-17-18-21/h5,10-13,22H,2-4,6-9H2,1H3/t13-/m1/s1. The second kappa shape index (κ2) is 6.97. The quantitative estimate of drug-likeness (QED) is 0.823. The maximum atomic E-state index is 10.5. The minimum absolute atomic E-state index is 0.303. The topological polar surface area (TPSA) is 84.9 Å². The summed E-state index contributed by atoms with van der Waals surface area (Å²) in [5.74, 6) is 1.08. The predicted octanol–water partition coefficient (Wildman–Crippen LogP) is 0.242. The molecule has 1 saturated heterocycles. The highest BCUT2D eigenvalue weighted by Crippen LogP contribution is 2.29. The number of hydrogen-bond donors (Lipinski definition) is 1. The van der Waals surface area contributed by atoms with E-state index < -0.39 is 6.10 Å². The molecule has 0 aromatic carbocycles. The van der Waals surface area contributed by atoms with E-state index in [0.717, 1.165) is 51.3 Å². The average Bonchev–Trinajstić information content (AvgIpc) is 3.19. The Balaban J connectivity index is 1.41. The predicted molar refractivity (Wildman–Crippen MR) is 79.8 cm³/mol. The molecule has 1 atom stereocenters. The van der Waals surface area contributed by atoms with Crippen molar-refractivity contribution in [2.45, 2.75) is 31.9 Å². The molecule has 0 unspecified atom stereocenters. The molecular weight excluding hydrogens is 282 g/mol. The first-order valence-electron chi connectivity index (χ1n) is 7.82. The van der Waals surface area contributed by atoms with Gasteiger partial charge in [-0.1, -0.05) is 0 Å². The second-order valence-corrected chi connectivity index (χ2v) is 5.95. The molecule has 0 amide bonds. The maximum absolute atomic E-state index is 10.5. The number of tetrazole rings is 1. The molecular formula is C14H23N7O. The van der Waals surface area contributed by atoms with Crippen LogP contribution in [0, 0.1) is 5.92 Å². The Hall–Kier alpha value is -1.80. The van der Waals surface area contributed by atoms with Gasteiger partial charge in [-0.2, -0.15) is 0 Å². The van der Waals surface area contributed by atoms with E-state index in [1.165, 1.54) is 0 Å². The molecule has 3 heterocycles. The van der Waals surface area contributed by atoms with Gasteiger partial charge in [-0.15, -0.1) is 5.10 Å². The van der Waals surface area contributed by atoms with Crippen LogP contribution < -0.4 is 0 Å².